The number of rotatable bonds is 7. The van der Waals surface area contributed by atoms with Crippen LogP contribution in [0.15, 0.2) is 53.4 Å². The number of hydrazine groups is 1. The summed E-state index contributed by atoms with van der Waals surface area (Å²) in [6.07, 6.45) is 4.42. The summed E-state index contributed by atoms with van der Waals surface area (Å²) in [7, 11) is 0. The second-order valence-corrected chi connectivity index (χ2v) is 8.45. The Labute approximate surface area is 180 Å². The molecule has 1 saturated heterocycles. The van der Waals surface area contributed by atoms with E-state index in [1.54, 1.807) is 23.9 Å². The molecule has 2 aromatic carbocycles. The van der Waals surface area contributed by atoms with E-state index in [2.05, 4.69) is 10.9 Å². The van der Waals surface area contributed by atoms with Crippen molar-refractivity contribution in [3.05, 3.63) is 64.7 Å². The molecule has 0 bridgehead atoms. The van der Waals surface area contributed by atoms with Gasteiger partial charge in [0.15, 0.2) is 0 Å². The van der Waals surface area contributed by atoms with Crippen molar-refractivity contribution >= 4 is 35.2 Å². The standard InChI is InChI=1S/C22H25ClN2O3S/c23-18-8-11-20(12-9-18)29-15-16-4-6-17(7-5-16)22(27)25-24-21(26)13-10-19-3-1-2-14-28-19/h4-9,11-12,19H,1-3,10,13-15H2,(H,24,26)(H,25,27). The minimum Gasteiger partial charge on any atom is -0.378 e. The maximum atomic E-state index is 12.2. The van der Waals surface area contributed by atoms with Gasteiger partial charge in [0.2, 0.25) is 5.91 Å². The first-order valence-corrected chi connectivity index (χ1v) is 11.1. The summed E-state index contributed by atoms with van der Waals surface area (Å²) in [4.78, 5) is 25.3. The van der Waals surface area contributed by atoms with Gasteiger partial charge in [-0.25, -0.2) is 0 Å². The van der Waals surface area contributed by atoms with Crippen LogP contribution >= 0.6 is 23.4 Å². The SMILES string of the molecule is O=C(CCC1CCCCO1)NNC(=O)c1ccc(CSc2ccc(Cl)cc2)cc1. The summed E-state index contributed by atoms with van der Waals surface area (Å²) in [6, 6.07) is 15.1. The van der Waals surface area contributed by atoms with Gasteiger partial charge in [-0.3, -0.25) is 20.4 Å². The maximum absolute atomic E-state index is 12.2. The number of halogens is 1. The molecule has 154 valence electrons. The minimum absolute atomic E-state index is 0.156. The molecular formula is C22H25ClN2O3S. The average Bonchev–Trinajstić information content (AvgIpc) is 2.76. The lowest BCUT2D eigenvalue weighted by Gasteiger charge is -2.22. The predicted molar refractivity (Wildman–Crippen MR) is 116 cm³/mol. The van der Waals surface area contributed by atoms with Crippen LogP contribution in [0.5, 0.6) is 0 Å². The van der Waals surface area contributed by atoms with E-state index in [1.807, 2.05) is 36.4 Å². The molecule has 0 saturated carbocycles. The van der Waals surface area contributed by atoms with E-state index in [1.165, 1.54) is 0 Å². The molecule has 7 heteroatoms. The molecule has 0 spiro atoms. The Kier molecular flexibility index (Phi) is 8.40. The Morgan fingerprint density at radius 3 is 2.48 bits per heavy atom. The second kappa shape index (κ2) is 11.2. The smallest absolute Gasteiger partial charge is 0.269 e. The van der Waals surface area contributed by atoms with E-state index < -0.39 is 0 Å². The molecule has 1 fully saturated rings. The number of amides is 2. The number of benzene rings is 2. The number of hydrogen-bond acceptors (Lipinski definition) is 4. The van der Waals surface area contributed by atoms with Gasteiger partial charge in [0, 0.05) is 34.3 Å². The third-order valence-electron chi connectivity index (χ3n) is 4.72. The van der Waals surface area contributed by atoms with Crippen LogP contribution in [0.3, 0.4) is 0 Å². The van der Waals surface area contributed by atoms with E-state index in [4.69, 9.17) is 16.3 Å². The van der Waals surface area contributed by atoms with Crippen molar-refractivity contribution in [2.45, 2.75) is 48.9 Å². The molecule has 1 aliphatic heterocycles. The average molecular weight is 433 g/mol. The highest BCUT2D eigenvalue weighted by molar-refractivity contribution is 7.98. The molecular weight excluding hydrogens is 408 g/mol. The quantitative estimate of drug-likeness (QED) is 0.489. The Morgan fingerprint density at radius 2 is 1.79 bits per heavy atom. The molecule has 1 aliphatic rings. The van der Waals surface area contributed by atoms with Gasteiger partial charge in [-0.15, -0.1) is 11.8 Å². The van der Waals surface area contributed by atoms with E-state index in [9.17, 15) is 9.59 Å². The first-order chi connectivity index (χ1) is 14.1. The Bertz CT molecular complexity index is 806. The van der Waals surface area contributed by atoms with Gasteiger partial charge < -0.3 is 4.74 Å². The van der Waals surface area contributed by atoms with Crippen molar-refractivity contribution < 1.29 is 14.3 Å². The summed E-state index contributed by atoms with van der Waals surface area (Å²) in [5.74, 6) is 0.261. The monoisotopic (exact) mass is 432 g/mol. The van der Waals surface area contributed by atoms with Gasteiger partial charge in [0.05, 0.1) is 6.10 Å². The van der Waals surface area contributed by atoms with Crippen LogP contribution in [-0.4, -0.2) is 24.5 Å². The first kappa shape index (κ1) is 21.7. The van der Waals surface area contributed by atoms with Crippen LogP contribution < -0.4 is 10.9 Å². The van der Waals surface area contributed by atoms with Gasteiger partial charge in [0.25, 0.3) is 5.91 Å². The van der Waals surface area contributed by atoms with E-state index in [0.29, 0.717) is 18.4 Å². The van der Waals surface area contributed by atoms with Crippen molar-refractivity contribution in [1.29, 1.82) is 0 Å². The summed E-state index contributed by atoms with van der Waals surface area (Å²) in [5, 5.41) is 0.721. The van der Waals surface area contributed by atoms with Crippen molar-refractivity contribution in [2.75, 3.05) is 6.61 Å². The molecule has 2 N–H and O–H groups in total. The summed E-state index contributed by atoms with van der Waals surface area (Å²) < 4.78 is 5.61. The van der Waals surface area contributed by atoms with Crippen molar-refractivity contribution in [3.63, 3.8) is 0 Å². The number of hydrogen-bond donors (Lipinski definition) is 2. The van der Waals surface area contributed by atoms with E-state index >= 15 is 0 Å². The van der Waals surface area contributed by atoms with Gasteiger partial charge >= 0.3 is 0 Å². The highest BCUT2D eigenvalue weighted by atomic mass is 35.5. The lowest BCUT2D eigenvalue weighted by atomic mass is 10.0. The fourth-order valence-corrected chi connectivity index (χ4v) is 4.02. The zero-order valence-electron chi connectivity index (χ0n) is 16.2. The van der Waals surface area contributed by atoms with Crippen LogP contribution in [0.1, 0.15) is 48.0 Å². The van der Waals surface area contributed by atoms with E-state index in [-0.39, 0.29) is 17.9 Å². The van der Waals surface area contributed by atoms with E-state index in [0.717, 1.165) is 47.1 Å². The lowest BCUT2D eigenvalue weighted by molar-refractivity contribution is -0.122. The Balaban J connectivity index is 1.38. The van der Waals surface area contributed by atoms with Crippen molar-refractivity contribution in [3.8, 4) is 0 Å². The molecule has 1 unspecified atom stereocenters. The van der Waals surface area contributed by atoms with Crippen LogP contribution in [-0.2, 0) is 15.3 Å². The number of carbonyl (C=O) groups excluding carboxylic acids is 2. The largest absolute Gasteiger partial charge is 0.378 e. The van der Waals surface area contributed by atoms with Crippen molar-refractivity contribution in [1.82, 2.24) is 10.9 Å². The molecule has 0 radical (unpaired) electrons. The van der Waals surface area contributed by atoms with Crippen LogP contribution in [0.25, 0.3) is 0 Å². The molecule has 29 heavy (non-hydrogen) atoms. The number of nitrogens with one attached hydrogen (secondary N) is 2. The number of ether oxygens (including phenoxy) is 1. The normalized spacial score (nSPS) is 16.2. The third kappa shape index (κ3) is 7.38. The summed E-state index contributed by atoms with van der Waals surface area (Å²) >= 11 is 7.60. The molecule has 0 aromatic heterocycles. The number of carbonyl (C=O) groups is 2. The van der Waals surface area contributed by atoms with Crippen LogP contribution in [0.4, 0.5) is 0 Å². The van der Waals surface area contributed by atoms with Gasteiger partial charge in [0.1, 0.15) is 0 Å². The zero-order chi connectivity index (χ0) is 20.5. The fraction of sp³-hybridized carbons (Fsp3) is 0.364. The zero-order valence-corrected chi connectivity index (χ0v) is 17.7. The lowest BCUT2D eigenvalue weighted by Crippen LogP contribution is -2.41. The Hall–Kier alpha value is -2.02. The predicted octanol–water partition coefficient (Wildman–Crippen LogP) is 4.74. The van der Waals surface area contributed by atoms with Gasteiger partial charge in [-0.2, -0.15) is 0 Å². The Morgan fingerprint density at radius 1 is 1.03 bits per heavy atom. The highest BCUT2D eigenvalue weighted by Gasteiger charge is 2.15. The maximum Gasteiger partial charge on any atom is 0.269 e. The number of thioether (sulfide) groups is 1. The third-order valence-corrected chi connectivity index (χ3v) is 6.05. The van der Waals surface area contributed by atoms with Crippen molar-refractivity contribution in [2.24, 2.45) is 0 Å². The topological polar surface area (TPSA) is 67.4 Å². The summed E-state index contributed by atoms with van der Waals surface area (Å²) in [6.45, 7) is 0.775. The van der Waals surface area contributed by atoms with Crippen LogP contribution in [0.2, 0.25) is 5.02 Å². The summed E-state index contributed by atoms with van der Waals surface area (Å²) in [5.41, 5.74) is 6.56. The minimum atomic E-state index is -0.329. The van der Waals surface area contributed by atoms with Gasteiger partial charge in [-0.05, 0) is 67.6 Å². The van der Waals surface area contributed by atoms with Gasteiger partial charge in [-0.1, -0.05) is 23.7 Å². The molecule has 0 aliphatic carbocycles. The molecule has 1 heterocycles. The van der Waals surface area contributed by atoms with Crippen LogP contribution in [0, 0.1) is 0 Å². The molecule has 5 nitrogen and oxygen atoms in total. The molecule has 1 atom stereocenters. The highest BCUT2D eigenvalue weighted by Crippen LogP contribution is 2.24. The fourth-order valence-electron chi connectivity index (χ4n) is 3.04. The first-order valence-electron chi connectivity index (χ1n) is 9.78. The molecule has 3 rings (SSSR count). The molecule has 2 aromatic rings. The molecule has 2 amide bonds. The second-order valence-electron chi connectivity index (χ2n) is 6.97.